The van der Waals surface area contributed by atoms with Crippen LogP contribution in [0, 0.1) is 10.1 Å². The molecule has 0 spiro atoms. The zero-order valence-electron chi connectivity index (χ0n) is 11.6. The molecule has 2 atom stereocenters. The van der Waals surface area contributed by atoms with Gasteiger partial charge in [0.05, 0.1) is 29.1 Å². The van der Waals surface area contributed by atoms with E-state index >= 15 is 0 Å². The summed E-state index contributed by atoms with van der Waals surface area (Å²) in [6.45, 7) is 0.135. The normalized spacial score (nSPS) is 26.3. The van der Waals surface area contributed by atoms with E-state index in [1.807, 2.05) is 0 Å². The Morgan fingerprint density at radius 2 is 2.32 bits per heavy atom. The summed E-state index contributed by atoms with van der Waals surface area (Å²) in [7, 11) is -3.02. The number of rotatable bonds is 5. The molecule has 10 nitrogen and oxygen atoms in total. The van der Waals surface area contributed by atoms with Gasteiger partial charge in [0.15, 0.2) is 16.1 Å². The van der Waals surface area contributed by atoms with Gasteiger partial charge in [0.25, 0.3) is 0 Å². The van der Waals surface area contributed by atoms with Gasteiger partial charge in [0.1, 0.15) is 4.92 Å². The zero-order chi connectivity index (χ0) is 15.7. The second-order valence-electron chi connectivity index (χ2n) is 5.32. The second kappa shape index (κ2) is 5.55. The SMILES string of the molecule is O=[N+]([O-])C1N=CC=[N+]1Cn1cc(CC2CCCS2(=O)=O)nn1. The molecule has 0 saturated carbocycles. The molecule has 11 heteroatoms. The molecule has 2 unspecified atom stereocenters. The van der Waals surface area contributed by atoms with E-state index in [2.05, 4.69) is 15.3 Å². The van der Waals surface area contributed by atoms with Gasteiger partial charge in [-0.25, -0.2) is 8.42 Å². The fourth-order valence-electron chi connectivity index (χ4n) is 2.65. The molecule has 0 amide bonds. The van der Waals surface area contributed by atoms with Gasteiger partial charge >= 0.3 is 6.29 Å². The molecule has 118 valence electrons. The van der Waals surface area contributed by atoms with Crippen LogP contribution in [0.5, 0.6) is 0 Å². The van der Waals surface area contributed by atoms with Gasteiger partial charge in [-0.3, -0.25) is 10.1 Å². The molecular formula is C11H15N6O4S+. The van der Waals surface area contributed by atoms with E-state index in [1.165, 1.54) is 21.7 Å². The summed E-state index contributed by atoms with van der Waals surface area (Å²) in [5.41, 5.74) is 0.577. The summed E-state index contributed by atoms with van der Waals surface area (Å²) < 4.78 is 26.5. The Bertz CT molecular complexity index is 752. The Labute approximate surface area is 126 Å². The Morgan fingerprint density at radius 1 is 1.50 bits per heavy atom. The first-order chi connectivity index (χ1) is 10.5. The predicted molar refractivity (Wildman–Crippen MR) is 76.1 cm³/mol. The molecule has 0 aliphatic carbocycles. The van der Waals surface area contributed by atoms with Gasteiger partial charge in [-0.2, -0.15) is 4.68 Å². The topological polar surface area (TPSA) is 123 Å². The van der Waals surface area contributed by atoms with Gasteiger partial charge < -0.3 is 0 Å². The van der Waals surface area contributed by atoms with E-state index in [9.17, 15) is 18.5 Å². The third-order valence-corrected chi connectivity index (χ3v) is 6.03. The first-order valence-corrected chi connectivity index (χ1v) is 8.54. The molecule has 2 aliphatic rings. The van der Waals surface area contributed by atoms with Gasteiger partial charge in [0.2, 0.25) is 6.67 Å². The van der Waals surface area contributed by atoms with Gasteiger partial charge in [-0.1, -0.05) is 5.21 Å². The highest BCUT2D eigenvalue weighted by Crippen LogP contribution is 2.22. The minimum Gasteiger partial charge on any atom is -0.257 e. The number of sulfone groups is 1. The van der Waals surface area contributed by atoms with E-state index in [4.69, 9.17) is 0 Å². The van der Waals surface area contributed by atoms with E-state index < -0.39 is 26.3 Å². The van der Waals surface area contributed by atoms with Crippen LogP contribution in [0.3, 0.4) is 0 Å². The fourth-order valence-corrected chi connectivity index (χ4v) is 4.50. The standard InChI is InChI=1S/C11H15N6O4S/c18-17(19)11-12-3-4-15(11)8-16-7-9(13-14-16)6-10-2-1-5-22(10,20)21/h3-4,7,10-11H,1-2,5-6,8H2/q+1. The lowest BCUT2D eigenvalue weighted by Gasteiger charge is -2.05. The van der Waals surface area contributed by atoms with Crippen LogP contribution in [0.1, 0.15) is 18.5 Å². The number of aromatic nitrogens is 3. The maximum Gasteiger partial charge on any atom is 0.502 e. The Hall–Kier alpha value is -2.17. The van der Waals surface area contributed by atoms with E-state index in [0.29, 0.717) is 25.0 Å². The smallest absolute Gasteiger partial charge is 0.257 e. The number of hydrogen-bond acceptors (Lipinski definition) is 7. The number of hydrogen-bond donors (Lipinski definition) is 0. The van der Waals surface area contributed by atoms with Crippen LogP contribution < -0.4 is 0 Å². The Balaban J connectivity index is 1.66. The van der Waals surface area contributed by atoms with Gasteiger partial charge in [-0.05, 0) is 12.8 Å². The molecule has 1 fully saturated rings. The van der Waals surface area contributed by atoms with Crippen molar-refractivity contribution in [3.05, 3.63) is 22.0 Å². The molecule has 1 aromatic heterocycles. The number of nitro groups is 1. The van der Waals surface area contributed by atoms with Gasteiger partial charge in [-0.15, -0.1) is 14.7 Å². The van der Waals surface area contributed by atoms with Crippen LogP contribution in [0.2, 0.25) is 0 Å². The number of nitrogens with zero attached hydrogens (tertiary/aromatic N) is 6. The summed E-state index contributed by atoms with van der Waals surface area (Å²) in [6.07, 6.45) is 5.02. The molecule has 1 saturated heterocycles. The van der Waals surface area contributed by atoms with Crippen LogP contribution >= 0.6 is 0 Å². The predicted octanol–water partition coefficient (Wildman–Crippen LogP) is -0.917. The molecule has 0 radical (unpaired) electrons. The summed E-state index contributed by atoms with van der Waals surface area (Å²) in [6, 6.07) is 0. The van der Waals surface area contributed by atoms with Crippen molar-refractivity contribution >= 4 is 22.3 Å². The molecule has 22 heavy (non-hydrogen) atoms. The van der Waals surface area contributed by atoms with Crippen LogP contribution in [0.25, 0.3) is 0 Å². The highest BCUT2D eigenvalue weighted by atomic mass is 32.2. The van der Waals surface area contributed by atoms with Crippen molar-refractivity contribution in [3.8, 4) is 0 Å². The minimum absolute atomic E-state index is 0.135. The maximum atomic E-state index is 11.8. The minimum atomic E-state index is -3.02. The molecule has 0 bridgehead atoms. The molecule has 1 aromatic rings. The van der Waals surface area contributed by atoms with Crippen LogP contribution in [-0.4, -0.2) is 62.6 Å². The molecule has 3 heterocycles. The van der Waals surface area contributed by atoms with E-state index in [1.54, 1.807) is 6.20 Å². The highest BCUT2D eigenvalue weighted by Gasteiger charge is 2.34. The third kappa shape index (κ3) is 2.89. The first kappa shape index (κ1) is 14.8. The average molecular weight is 327 g/mol. The Kier molecular flexibility index (Phi) is 3.72. The molecule has 2 aliphatic heterocycles. The lowest BCUT2D eigenvalue weighted by Crippen LogP contribution is -2.31. The van der Waals surface area contributed by atoms with Crippen molar-refractivity contribution in [1.29, 1.82) is 0 Å². The van der Waals surface area contributed by atoms with Crippen molar-refractivity contribution in [2.45, 2.75) is 37.5 Å². The first-order valence-electron chi connectivity index (χ1n) is 6.82. The van der Waals surface area contributed by atoms with Crippen molar-refractivity contribution in [1.82, 2.24) is 15.0 Å². The second-order valence-corrected chi connectivity index (χ2v) is 7.72. The summed E-state index contributed by atoms with van der Waals surface area (Å²) in [4.78, 5) is 14.1. The zero-order valence-corrected chi connectivity index (χ0v) is 12.5. The van der Waals surface area contributed by atoms with E-state index in [0.717, 1.165) is 0 Å². The molecular weight excluding hydrogens is 312 g/mol. The van der Waals surface area contributed by atoms with Crippen molar-refractivity contribution in [2.75, 3.05) is 5.75 Å². The van der Waals surface area contributed by atoms with Crippen molar-refractivity contribution < 1.29 is 17.9 Å². The highest BCUT2D eigenvalue weighted by molar-refractivity contribution is 7.92. The summed E-state index contributed by atoms with van der Waals surface area (Å²) in [5.74, 6) is 0.233. The molecule has 0 aromatic carbocycles. The van der Waals surface area contributed by atoms with Crippen LogP contribution in [-0.2, 0) is 22.9 Å². The fraction of sp³-hybridized carbons (Fsp3) is 0.636. The average Bonchev–Trinajstić information content (AvgIpc) is 3.13. The third-order valence-electron chi connectivity index (χ3n) is 3.76. The van der Waals surface area contributed by atoms with Crippen LogP contribution in [0.15, 0.2) is 11.2 Å². The van der Waals surface area contributed by atoms with Crippen molar-refractivity contribution in [3.63, 3.8) is 0 Å². The van der Waals surface area contributed by atoms with Gasteiger partial charge in [0, 0.05) is 6.42 Å². The van der Waals surface area contributed by atoms with Crippen molar-refractivity contribution in [2.24, 2.45) is 4.99 Å². The molecule has 3 rings (SSSR count). The van der Waals surface area contributed by atoms with Crippen LogP contribution in [0.4, 0.5) is 0 Å². The summed E-state index contributed by atoms with van der Waals surface area (Å²) in [5, 5.41) is 18.3. The summed E-state index contributed by atoms with van der Waals surface area (Å²) >= 11 is 0. The maximum absolute atomic E-state index is 11.8. The van der Waals surface area contributed by atoms with E-state index in [-0.39, 0.29) is 12.4 Å². The lowest BCUT2D eigenvalue weighted by atomic mass is 10.2. The number of aliphatic imine (C=N–C) groups is 1. The largest absolute Gasteiger partial charge is 0.502 e. The monoisotopic (exact) mass is 327 g/mol. The Morgan fingerprint density at radius 3 is 3.00 bits per heavy atom. The molecule has 0 N–H and O–H groups in total. The lowest BCUT2D eigenvalue weighted by molar-refractivity contribution is -0.767. The quantitative estimate of drug-likeness (QED) is 0.391.